The number of carbonyl (C=O) groups is 1. The summed E-state index contributed by atoms with van der Waals surface area (Å²) in [6.45, 7) is 0.407. The Morgan fingerprint density at radius 3 is 2.60 bits per heavy atom. The van der Waals surface area contributed by atoms with E-state index in [1.54, 1.807) is 12.1 Å². The number of amides is 1. The van der Waals surface area contributed by atoms with E-state index in [9.17, 15) is 18.0 Å². The van der Waals surface area contributed by atoms with Gasteiger partial charge in [-0.25, -0.2) is 0 Å². The van der Waals surface area contributed by atoms with Gasteiger partial charge in [-0.1, -0.05) is 24.3 Å². The van der Waals surface area contributed by atoms with Crippen LogP contribution in [-0.4, -0.2) is 23.9 Å². The first-order chi connectivity index (χ1) is 14.2. The van der Waals surface area contributed by atoms with Crippen molar-refractivity contribution in [2.24, 2.45) is 16.5 Å². The molecule has 0 atom stereocenters. The maximum absolute atomic E-state index is 13.6. The second-order valence-electron chi connectivity index (χ2n) is 6.48. The third kappa shape index (κ3) is 4.71. The standard InChI is InChI=1S/C20H20F3N5O2/c1-26-19(25)28-18(29)17-8-14-15(20(21,22)23)6-13(7-16(14)27-17)30-10-12-4-2-3-11(5-12)9-24/h2-8,27H,9-10,24H2,1H3,(H3,25,26,28,29). The molecule has 0 aliphatic carbocycles. The number of aliphatic imine (C=N–C) groups is 1. The Balaban J connectivity index is 1.96. The molecule has 0 bridgehead atoms. The molecule has 2 aromatic carbocycles. The summed E-state index contributed by atoms with van der Waals surface area (Å²) in [5.41, 5.74) is 11.7. The second kappa shape index (κ2) is 8.46. The molecular weight excluding hydrogens is 399 g/mol. The zero-order valence-corrected chi connectivity index (χ0v) is 16.0. The average Bonchev–Trinajstić information content (AvgIpc) is 3.15. The van der Waals surface area contributed by atoms with Crippen LogP contribution in [0.5, 0.6) is 5.75 Å². The highest BCUT2D eigenvalue weighted by molar-refractivity contribution is 6.04. The van der Waals surface area contributed by atoms with E-state index in [1.807, 2.05) is 12.1 Å². The van der Waals surface area contributed by atoms with Crippen LogP contribution in [0.4, 0.5) is 13.2 Å². The predicted molar refractivity (Wildman–Crippen MR) is 107 cm³/mol. The number of nitrogens with two attached hydrogens (primary N) is 2. The number of guanidine groups is 1. The molecule has 0 saturated carbocycles. The van der Waals surface area contributed by atoms with Gasteiger partial charge >= 0.3 is 6.18 Å². The summed E-state index contributed by atoms with van der Waals surface area (Å²) in [5.74, 6) is -0.947. The third-order valence-electron chi connectivity index (χ3n) is 4.36. The molecule has 3 aromatic rings. The summed E-state index contributed by atoms with van der Waals surface area (Å²) >= 11 is 0. The van der Waals surface area contributed by atoms with E-state index in [0.29, 0.717) is 6.54 Å². The smallest absolute Gasteiger partial charge is 0.417 e. The number of carbonyl (C=O) groups excluding carboxylic acids is 1. The quantitative estimate of drug-likeness (QED) is 0.375. The van der Waals surface area contributed by atoms with Crippen LogP contribution in [0.3, 0.4) is 0 Å². The van der Waals surface area contributed by atoms with Crippen molar-refractivity contribution < 1.29 is 22.7 Å². The molecular formula is C20H20F3N5O2. The number of aromatic amines is 1. The second-order valence-corrected chi connectivity index (χ2v) is 6.48. The number of nitrogens with one attached hydrogen (secondary N) is 2. The van der Waals surface area contributed by atoms with Crippen LogP contribution in [0.1, 0.15) is 27.2 Å². The summed E-state index contributed by atoms with van der Waals surface area (Å²) in [6, 6.07) is 10.7. The first-order valence-electron chi connectivity index (χ1n) is 8.92. The normalized spacial score (nSPS) is 12.2. The lowest BCUT2D eigenvalue weighted by Gasteiger charge is -2.12. The number of hydrogen-bond acceptors (Lipinski definition) is 3. The van der Waals surface area contributed by atoms with Crippen LogP contribution >= 0.6 is 0 Å². The molecule has 0 radical (unpaired) electrons. The van der Waals surface area contributed by atoms with Gasteiger partial charge in [0.1, 0.15) is 18.1 Å². The van der Waals surface area contributed by atoms with Gasteiger partial charge < -0.3 is 26.5 Å². The van der Waals surface area contributed by atoms with Gasteiger partial charge in [-0.15, -0.1) is 0 Å². The minimum Gasteiger partial charge on any atom is -0.489 e. The first kappa shape index (κ1) is 21.2. The van der Waals surface area contributed by atoms with Crippen molar-refractivity contribution in [2.45, 2.75) is 19.3 Å². The molecule has 1 amide bonds. The predicted octanol–water partition coefficient (Wildman–Crippen LogP) is 2.90. The van der Waals surface area contributed by atoms with Crippen molar-refractivity contribution >= 4 is 22.8 Å². The molecule has 0 saturated heterocycles. The highest BCUT2D eigenvalue weighted by atomic mass is 19.4. The summed E-state index contributed by atoms with van der Waals surface area (Å²) in [5, 5.41) is 2.30. The van der Waals surface area contributed by atoms with Gasteiger partial charge in [0.2, 0.25) is 0 Å². The molecule has 6 N–H and O–H groups in total. The summed E-state index contributed by atoms with van der Waals surface area (Å²) in [6.07, 6.45) is -4.65. The van der Waals surface area contributed by atoms with Gasteiger partial charge in [0.15, 0.2) is 5.96 Å². The molecule has 0 aliphatic rings. The minimum atomic E-state index is -4.65. The lowest BCUT2D eigenvalue weighted by atomic mass is 10.1. The fourth-order valence-electron chi connectivity index (χ4n) is 2.88. The Morgan fingerprint density at radius 2 is 1.93 bits per heavy atom. The lowest BCUT2D eigenvalue weighted by Crippen LogP contribution is -2.28. The topological polar surface area (TPSA) is 119 Å². The Kier molecular flexibility index (Phi) is 5.97. The van der Waals surface area contributed by atoms with Crippen LogP contribution in [0.15, 0.2) is 47.5 Å². The third-order valence-corrected chi connectivity index (χ3v) is 4.36. The number of alkyl halides is 3. The van der Waals surface area contributed by atoms with Gasteiger partial charge in [0, 0.05) is 25.0 Å². The van der Waals surface area contributed by atoms with Crippen molar-refractivity contribution in [3.05, 3.63) is 64.8 Å². The molecule has 1 heterocycles. The molecule has 0 aliphatic heterocycles. The van der Waals surface area contributed by atoms with Crippen LogP contribution in [0.2, 0.25) is 0 Å². The number of benzene rings is 2. The van der Waals surface area contributed by atoms with Crippen molar-refractivity contribution in [2.75, 3.05) is 7.05 Å². The Labute approximate surface area is 169 Å². The van der Waals surface area contributed by atoms with Gasteiger partial charge in [-0.2, -0.15) is 18.2 Å². The Morgan fingerprint density at radius 1 is 1.20 bits per heavy atom. The molecule has 7 nitrogen and oxygen atoms in total. The molecule has 30 heavy (non-hydrogen) atoms. The highest BCUT2D eigenvalue weighted by Gasteiger charge is 2.34. The zero-order valence-electron chi connectivity index (χ0n) is 16.0. The van der Waals surface area contributed by atoms with Gasteiger partial charge in [0.25, 0.3) is 5.91 Å². The van der Waals surface area contributed by atoms with E-state index in [-0.39, 0.29) is 34.9 Å². The van der Waals surface area contributed by atoms with E-state index in [1.165, 1.54) is 13.1 Å². The van der Waals surface area contributed by atoms with E-state index in [4.69, 9.17) is 16.2 Å². The maximum Gasteiger partial charge on any atom is 0.417 e. The molecule has 0 spiro atoms. The van der Waals surface area contributed by atoms with Crippen LogP contribution < -0.4 is 21.5 Å². The molecule has 3 rings (SSSR count). The van der Waals surface area contributed by atoms with Crippen LogP contribution in [-0.2, 0) is 19.3 Å². The van der Waals surface area contributed by atoms with Gasteiger partial charge in [-0.05, 0) is 23.3 Å². The van der Waals surface area contributed by atoms with Crippen LogP contribution in [0, 0.1) is 0 Å². The Hall–Kier alpha value is -3.53. The van der Waals surface area contributed by atoms with Crippen molar-refractivity contribution in [3.63, 3.8) is 0 Å². The number of ether oxygens (including phenoxy) is 1. The number of rotatable bonds is 5. The first-order valence-corrected chi connectivity index (χ1v) is 8.92. The minimum absolute atomic E-state index is 0.00654. The largest absolute Gasteiger partial charge is 0.489 e. The molecule has 0 unspecified atom stereocenters. The number of H-pyrrole nitrogens is 1. The molecule has 10 heteroatoms. The summed E-state index contributed by atoms with van der Waals surface area (Å²) in [7, 11) is 1.46. The lowest BCUT2D eigenvalue weighted by molar-refractivity contribution is -0.136. The molecule has 0 fully saturated rings. The van der Waals surface area contributed by atoms with Gasteiger partial charge in [-0.3, -0.25) is 4.79 Å². The maximum atomic E-state index is 13.6. The van der Waals surface area contributed by atoms with Crippen molar-refractivity contribution in [3.8, 4) is 5.75 Å². The van der Waals surface area contributed by atoms with Crippen LogP contribution in [0.25, 0.3) is 10.9 Å². The zero-order chi connectivity index (χ0) is 21.9. The highest BCUT2D eigenvalue weighted by Crippen LogP contribution is 2.38. The SMILES string of the molecule is CNC(N)=NC(=O)c1cc2c(C(F)(F)F)cc(OCc3cccc(CN)c3)cc2[nH]1. The number of halogens is 3. The monoisotopic (exact) mass is 419 g/mol. The number of fused-ring (bicyclic) bond motifs is 1. The molecule has 158 valence electrons. The fraction of sp³-hybridized carbons (Fsp3) is 0.200. The Bertz CT molecular complexity index is 1110. The van der Waals surface area contributed by atoms with Crippen molar-refractivity contribution in [1.82, 2.24) is 10.3 Å². The van der Waals surface area contributed by atoms with E-state index < -0.39 is 17.6 Å². The number of aromatic nitrogens is 1. The summed E-state index contributed by atoms with van der Waals surface area (Å²) < 4.78 is 46.4. The van der Waals surface area contributed by atoms with E-state index in [2.05, 4.69) is 15.3 Å². The number of hydrogen-bond donors (Lipinski definition) is 4. The summed E-state index contributed by atoms with van der Waals surface area (Å²) in [4.78, 5) is 18.4. The number of nitrogens with zero attached hydrogens (tertiary/aromatic N) is 1. The average molecular weight is 419 g/mol. The molecule has 1 aromatic heterocycles. The van der Waals surface area contributed by atoms with Gasteiger partial charge in [0.05, 0.1) is 11.1 Å². The van der Waals surface area contributed by atoms with E-state index >= 15 is 0 Å². The fourth-order valence-corrected chi connectivity index (χ4v) is 2.88. The van der Waals surface area contributed by atoms with Crippen molar-refractivity contribution in [1.29, 1.82) is 0 Å². The van der Waals surface area contributed by atoms with E-state index in [0.717, 1.165) is 23.3 Å².